The Kier molecular flexibility index (Phi) is 6.30. The van der Waals surface area contributed by atoms with Crippen LogP contribution in [0.3, 0.4) is 0 Å². The zero-order valence-electron chi connectivity index (χ0n) is 18.1. The molecule has 0 aromatic heterocycles. The third kappa shape index (κ3) is 4.59. The van der Waals surface area contributed by atoms with Gasteiger partial charge < -0.3 is 10.1 Å². The molecule has 10 nitrogen and oxygen atoms in total. The van der Waals surface area contributed by atoms with E-state index in [2.05, 4.69) is 5.32 Å². The van der Waals surface area contributed by atoms with E-state index in [-0.39, 0.29) is 33.1 Å². The molecule has 0 unspecified atom stereocenters. The van der Waals surface area contributed by atoms with Gasteiger partial charge in [0, 0.05) is 17.8 Å². The second kappa shape index (κ2) is 9.35. The van der Waals surface area contributed by atoms with Crippen molar-refractivity contribution in [2.45, 2.75) is 6.92 Å². The van der Waals surface area contributed by atoms with Gasteiger partial charge in [0.25, 0.3) is 23.4 Å². The van der Waals surface area contributed by atoms with E-state index < -0.39 is 35.2 Å². The number of benzene rings is 3. The Morgan fingerprint density at radius 1 is 1.03 bits per heavy atom. The normalized spacial score (nSPS) is 12.3. The van der Waals surface area contributed by atoms with Gasteiger partial charge in [-0.1, -0.05) is 23.7 Å². The number of hydrogen-bond acceptors (Lipinski definition) is 7. The summed E-state index contributed by atoms with van der Waals surface area (Å²) < 4.78 is 5.03. The lowest BCUT2D eigenvalue weighted by molar-refractivity contribution is -0.384. The largest absolute Gasteiger partial charge is 0.452 e. The van der Waals surface area contributed by atoms with Crippen LogP contribution in [-0.2, 0) is 9.53 Å². The summed E-state index contributed by atoms with van der Waals surface area (Å²) in [6.07, 6.45) is 0. The van der Waals surface area contributed by atoms with Crippen molar-refractivity contribution in [2.75, 3.05) is 16.8 Å². The number of esters is 1. The highest BCUT2D eigenvalue weighted by molar-refractivity contribution is 6.39. The van der Waals surface area contributed by atoms with Crippen LogP contribution in [0.25, 0.3) is 0 Å². The molecule has 1 heterocycles. The maximum atomic E-state index is 12.9. The predicted molar refractivity (Wildman–Crippen MR) is 126 cm³/mol. The minimum atomic E-state index is -0.875. The number of carbonyl (C=O) groups is 4. The van der Waals surface area contributed by atoms with Crippen LogP contribution in [0.2, 0.25) is 5.02 Å². The molecule has 3 amide bonds. The fourth-order valence-corrected chi connectivity index (χ4v) is 3.74. The molecule has 1 N–H and O–H groups in total. The van der Waals surface area contributed by atoms with Crippen LogP contribution in [-0.4, -0.2) is 35.2 Å². The third-order valence-corrected chi connectivity index (χ3v) is 5.56. The molecule has 0 saturated carbocycles. The Labute approximate surface area is 203 Å². The minimum absolute atomic E-state index is 0.00956. The van der Waals surface area contributed by atoms with Crippen LogP contribution >= 0.6 is 11.6 Å². The summed E-state index contributed by atoms with van der Waals surface area (Å²) in [6.45, 7) is 0.953. The maximum absolute atomic E-state index is 12.9. The number of rotatable bonds is 6. The zero-order chi connectivity index (χ0) is 25.3. The fourth-order valence-electron chi connectivity index (χ4n) is 3.52. The SMILES string of the molecule is Cc1cc([N+](=O)[O-])ccc1NC(=O)COC(=O)c1ccc2c(c1)C(=O)N(c1ccccc1Cl)C2=O. The van der Waals surface area contributed by atoms with Crippen LogP contribution in [0.4, 0.5) is 17.1 Å². The number of non-ortho nitro benzene ring substituents is 1. The van der Waals surface area contributed by atoms with Crippen molar-refractivity contribution >= 4 is 52.4 Å². The van der Waals surface area contributed by atoms with Crippen molar-refractivity contribution in [3.8, 4) is 0 Å². The Hall–Kier alpha value is -4.57. The second-order valence-electron chi connectivity index (χ2n) is 7.54. The number of nitro benzene ring substituents is 1. The van der Waals surface area contributed by atoms with Gasteiger partial charge in [0.15, 0.2) is 6.61 Å². The molecule has 0 saturated heterocycles. The van der Waals surface area contributed by atoms with Crippen molar-refractivity contribution in [1.82, 2.24) is 0 Å². The highest BCUT2D eigenvalue weighted by Crippen LogP contribution is 2.33. The molecular weight excluding hydrogens is 478 g/mol. The number of halogens is 1. The van der Waals surface area contributed by atoms with E-state index in [9.17, 15) is 29.3 Å². The van der Waals surface area contributed by atoms with E-state index in [1.807, 2.05) is 0 Å². The number of nitrogens with zero attached hydrogens (tertiary/aromatic N) is 2. The van der Waals surface area contributed by atoms with Gasteiger partial charge in [-0.05, 0) is 48.9 Å². The van der Waals surface area contributed by atoms with Crippen LogP contribution in [0.1, 0.15) is 36.6 Å². The second-order valence-corrected chi connectivity index (χ2v) is 7.95. The Morgan fingerprint density at radius 3 is 2.43 bits per heavy atom. The standard InChI is InChI=1S/C24H16ClN3O7/c1-13-10-15(28(33)34)7-9-19(13)26-21(29)12-35-24(32)14-6-8-16-17(11-14)23(31)27(22(16)30)20-5-3-2-4-18(20)25/h2-11H,12H2,1H3,(H,26,29). The Morgan fingerprint density at radius 2 is 1.74 bits per heavy atom. The topological polar surface area (TPSA) is 136 Å². The van der Waals surface area contributed by atoms with Crippen LogP contribution in [0, 0.1) is 17.0 Å². The predicted octanol–water partition coefficient (Wildman–Crippen LogP) is 4.15. The van der Waals surface area contributed by atoms with Gasteiger partial charge in [0.1, 0.15) is 0 Å². The van der Waals surface area contributed by atoms with E-state index in [1.54, 1.807) is 25.1 Å². The number of para-hydroxylation sites is 1. The first kappa shape index (κ1) is 23.6. The van der Waals surface area contributed by atoms with Gasteiger partial charge in [-0.2, -0.15) is 0 Å². The van der Waals surface area contributed by atoms with Gasteiger partial charge in [-0.25, -0.2) is 9.69 Å². The number of aryl methyl sites for hydroxylation is 1. The average molecular weight is 494 g/mol. The number of imide groups is 1. The number of nitro groups is 1. The molecule has 35 heavy (non-hydrogen) atoms. The number of amides is 3. The van der Waals surface area contributed by atoms with E-state index >= 15 is 0 Å². The van der Waals surface area contributed by atoms with Crippen molar-refractivity contribution in [3.63, 3.8) is 0 Å². The summed E-state index contributed by atoms with van der Waals surface area (Å²) in [6, 6.07) is 14.2. The van der Waals surface area contributed by atoms with Crippen molar-refractivity contribution in [3.05, 3.63) is 98.1 Å². The molecule has 3 aromatic carbocycles. The molecule has 3 aromatic rings. The first-order valence-corrected chi connectivity index (χ1v) is 10.5. The number of anilines is 2. The molecule has 0 radical (unpaired) electrons. The molecule has 0 aliphatic carbocycles. The lowest BCUT2D eigenvalue weighted by Gasteiger charge is -2.15. The highest BCUT2D eigenvalue weighted by Gasteiger charge is 2.38. The smallest absolute Gasteiger partial charge is 0.338 e. The molecule has 0 atom stereocenters. The Bertz CT molecular complexity index is 1420. The van der Waals surface area contributed by atoms with Gasteiger partial charge in [0.05, 0.1) is 32.3 Å². The number of fused-ring (bicyclic) bond motifs is 1. The maximum Gasteiger partial charge on any atom is 0.338 e. The number of carbonyl (C=O) groups excluding carboxylic acids is 4. The van der Waals surface area contributed by atoms with Crippen LogP contribution in [0.5, 0.6) is 0 Å². The van der Waals surface area contributed by atoms with E-state index in [0.29, 0.717) is 11.3 Å². The molecule has 0 bridgehead atoms. The fraction of sp³-hybridized carbons (Fsp3) is 0.0833. The molecule has 1 aliphatic heterocycles. The summed E-state index contributed by atoms with van der Waals surface area (Å²) in [5.74, 6) is -2.75. The van der Waals surface area contributed by atoms with Crippen LogP contribution < -0.4 is 10.2 Å². The molecule has 0 spiro atoms. The Balaban J connectivity index is 1.44. The first-order chi connectivity index (χ1) is 16.7. The van der Waals surface area contributed by atoms with Crippen molar-refractivity contribution in [1.29, 1.82) is 0 Å². The van der Waals surface area contributed by atoms with Crippen molar-refractivity contribution in [2.24, 2.45) is 0 Å². The minimum Gasteiger partial charge on any atom is -0.452 e. The lowest BCUT2D eigenvalue weighted by atomic mass is 10.1. The quantitative estimate of drug-likeness (QED) is 0.236. The van der Waals surface area contributed by atoms with Gasteiger partial charge in [0.2, 0.25) is 0 Å². The number of hydrogen-bond donors (Lipinski definition) is 1. The molecule has 11 heteroatoms. The molecule has 4 rings (SSSR count). The van der Waals surface area contributed by atoms with Crippen LogP contribution in [0.15, 0.2) is 60.7 Å². The summed E-state index contributed by atoms with van der Waals surface area (Å²) in [5.41, 5.74) is 0.993. The van der Waals surface area contributed by atoms with E-state index in [1.165, 1.54) is 42.5 Å². The first-order valence-electron chi connectivity index (χ1n) is 10.2. The number of nitrogens with one attached hydrogen (secondary N) is 1. The summed E-state index contributed by atoms with van der Waals surface area (Å²) in [5, 5.41) is 13.6. The number of ether oxygens (including phenoxy) is 1. The van der Waals surface area contributed by atoms with Crippen molar-refractivity contribution < 1.29 is 28.8 Å². The highest BCUT2D eigenvalue weighted by atomic mass is 35.5. The van der Waals surface area contributed by atoms with Gasteiger partial charge in [-0.15, -0.1) is 0 Å². The monoisotopic (exact) mass is 493 g/mol. The summed E-state index contributed by atoms with van der Waals surface area (Å²) in [4.78, 5) is 61.5. The summed E-state index contributed by atoms with van der Waals surface area (Å²) >= 11 is 6.13. The zero-order valence-corrected chi connectivity index (χ0v) is 18.9. The molecular formula is C24H16ClN3O7. The molecule has 176 valence electrons. The van der Waals surface area contributed by atoms with Gasteiger partial charge >= 0.3 is 5.97 Å². The average Bonchev–Trinajstić information content (AvgIpc) is 3.08. The molecule has 0 fully saturated rings. The van der Waals surface area contributed by atoms with Gasteiger partial charge in [-0.3, -0.25) is 24.5 Å². The molecule has 1 aliphatic rings. The van der Waals surface area contributed by atoms with E-state index in [0.717, 1.165) is 4.90 Å². The third-order valence-electron chi connectivity index (χ3n) is 5.24. The van der Waals surface area contributed by atoms with E-state index in [4.69, 9.17) is 16.3 Å². The summed E-state index contributed by atoms with van der Waals surface area (Å²) in [7, 11) is 0. The lowest BCUT2D eigenvalue weighted by Crippen LogP contribution is -2.29.